The van der Waals surface area contributed by atoms with Gasteiger partial charge in [-0.15, -0.1) is 11.8 Å². The average molecular weight is 232 g/mol. The summed E-state index contributed by atoms with van der Waals surface area (Å²) < 4.78 is 5.17. The van der Waals surface area contributed by atoms with Crippen LogP contribution >= 0.6 is 11.8 Å². The Balaban J connectivity index is 1.68. The molecule has 0 N–H and O–H groups in total. The van der Waals surface area contributed by atoms with Crippen molar-refractivity contribution in [2.75, 3.05) is 7.11 Å². The van der Waals surface area contributed by atoms with Crippen molar-refractivity contribution in [1.29, 1.82) is 0 Å². The molecule has 1 aromatic rings. The van der Waals surface area contributed by atoms with Gasteiger partial charge >= 0.3 is 0 Å². The molecule has 1 saturated carbocycles. The lowest BCUT2D eigenvalue weighted by molar-refractivity contribution is 0.414. The molecule has 0 spiro atoms. The molecule has 0 unspecified atom stereocenters. The molecule has 16 heavy (non-hydrogen) atoms. The maximum atomic E-state index is 5.17. The predicted molar refractivity (Wildman–Crippen MR) is 68.0 cm³/mol. The number of methoxy groups -OCH3 is 1. The Morgan fingerprint density at radius 1 is 1.12 bits per heavy atom. The molecule has 0 saturated heterocycles. The van der Waals surface area contributed by atoms with Crippen molar-refractivity contribution in [3.05, 3.63) is 36.4 Å². The first-order chi connectivity index (χ1) is 7.85. The Labute approximate surface area is 101 Å². The van der Waals surface area contributed by atoms with E-state index in [9.17, 15) is 0 Å². The summed E-state index contributed by atoms with van der Waals surface area (Å²) >= 11 is 2.03. The van der Waals surface area contributed by atoms with Gasteiger partial charge in [-0.1, -0.05) is 12.2 Å². The minimum atomic E-state index is 0.795. The largest absolute Gasteiger partial charge is 0.497 e. The molecule has 0 aromatic heterocycles. The van der Waals surface area contributed by atoms with Crippen LogP contribution in [0.5, 0.6) is 5.75 Å². The number of fused-ring (bicyclic) bond motifs is 2. The highest BCUT2D eigenvalue weighted by Gasteiger charge is 2.35. The van der Waals surface area contributed by atoms with Gasteiger partial charge in [-0.25, -0.2) is 0 Å². The lowest BCUT2D eigenvalue weighted by Gasteiger charge is -2.17. The van der Waals surface area contributed by atoms with Crippen LogP contribution in [0.15, 0.2) is 41.3 Å². The van der Waals surface area contributed by atoms with Crippen molar-refractivity contribution < 1.29 is 4.74 Å². The van der Waals surface area contributed by atoms with Crippen molar-refractivity contribution in [3.63, 3.8) is 0 Å². The third kappa shape index (κ3) is 1.86. The maximum Gasteiger partial charge on any atom is 0.118 e. The summed E-state index contributed by atoms with van der Waals surface area (Å²) in [6.07, 6.45) is 7.55. The van der Waals surface area contributed by atoms with Crippen LogP contribution < -0.4 is 4.74 Å². The smallest absolute Gasteiger partial charge is 0.118 e. The number of rotatable bonds is 3. The highest BCUT2D eigenvalue weighted by atomic mass is 32.2. The Morgan fingerprint density at radius 2 is 1.94 bits per heavy atom. The Kier molecular flexibility index (Phi) is 2.68. The minimum Gasteiger partial charge on any atom is -0.497 e. The molecule has 2 heteroatoms. The molecule has 0 heterocycles. The topological polar surface area (TPSA) is 9.23 Å². The molecule has 0 aliphatic heterocycles. The molecule has 3 rings (SSSR count). The Morgan fingerprint density at radius 3 is 2.50 bits per heavy atom. The second-order valence-corrected chi connectivity index (χ2v) is 5.92. The summed E-state index contributed by atoms with van der Waals surface area (Å²) in [6.45, 7) is 0. The fraction of sp³-hybridized carbons (Fsp3) is 0.429. The van der Waals surface area contributed by atoms with Crippen LogP contribution in [0.3, 0.4) is 0 Å². The molecule has 0 radical (unpaired) electrons. The van der Waals surface area contributed by atoms with Gasteiger partial charge in [0.05, 0.1) is 7.11 Å². The van der Waals surface area contributed by atoms with E-state index < -0.39 is 0 Å². The van der Waals surface area contributed by atoms with Crippen LogP contribution in [0.2, 0.25) is 0 Å². The van der Waals surface area contributed by atoms with Crippen molar-refractivity contribution in [2.24, 2.45) is 11.8 Å². The molecule has 1 fully saturated rings. The molecule has 3 atom stereocenters. The maximum absolute atomic E-state index is 5.17. The van der Waals surface area contributed by atoms with E-state index in [4.69, 9.17) is 4.74 Å². The molecular weight excluding hydrogens is 216 g/mol. The van der Waals surface area contributed by atoms with Crippen LogP contribution in [-0.4, -0.2) is 12.4 Å². The number of ether oxygens (including phenoxy) is 1. The van der Waals surface area contributed by atoms with E-state index in [1.54, 1.807) is 7.11 Å². The summed E-state index contributed by atoms with van der Waals surface area (Å²) in [7, 11) is 1.71. The Hall–Kier alpha value is -0.890. The highest BCUT2D eigenvalue weighted by Crippen LogP contribution is 2.47. The third-order valence-electron chi connectivity index (χ3n) is 3.56. The van der Waals surface area contributed by atoms with Crippen LogP contribution in [0, 0.1) is 11.8 Å². The van der Waals surface area contributed by atoms with Crippen molar-refractivity contribution >= 4 is 11.8 Å². The summed E-state index contributed by atoms with van der Waals surface area (Å²) in [5, 5.41) is 0.795. The average Bonchev–Trinajstić information content (AvgIpc) is 2.92. The first kappa shape index (κ1) is 10.3. The zero-order valence-electron chi connectivity index (χ0n) is 9.43. The lowest BCUT2D eigenvalue weighted by atomic mass is 10.1. The van der Waals surface area contributed by atoms with Gasteiger partial charge in [0.1, 0.15) is 5.75 Å². The zero-order chi connectivity index (χ0) is 11.0. The van der Waals surface area contributed by atoms with Crippen molar-refractivity contribution in [2.45, 2.75) is 23.0 Å². The minimum absolute atomic E-state index is 0.795. The zero-order valence-corrected chi connectivity index (χ0v) is 10.2. The fourth-order valence-corrected chi connectivity index (χ4v) is 4.06. The monoisotopic (exact) mass is 232 g/mol. The number of thioether (sulfide) groups is 1. The van der Waals surface area contributed by atoms with Gasteiger partial charge in [0.25, 0.3) is 0 Å². The van der Waals surface area contributed by atoms with Gasteiger partial charge in [-0.05, 0) is 48.9 Å². The van der Waals surface area contributed by atoms with E-state index in [1.165, 1.54) is 17.7 Å². The quantitative estimate of drug-likeness (QED) is 0.734. The van der Waals surface area contributed by atoms with E-state index >= 15 is 0 Å². The van der Waals surface area contributed by atoms with Gasteiger partial charge in [-0.2, -0.15) is 0 Å². The second kappa shape index (κ2) is 4.17. The first-order valence-electron chi connectivity index (χ1n) is 5.84. The number of allylic oxidation sites excluding steroid dienone is 2. The van der Waals surface area contributed by atoms with Crippen molar-refractivity contribution in [3.8, 4) is 5.75 Å². The van der Waals surface area contributed by atoms with Gasteiger partial charge in [0, 0.05) is 10.1 Å². The van der Waals surface area contributed by atoms with Gasteiger partial charge < -0.3 is 4.74 Å². The summed E-state index contributed by atoms with van der Waals surface area (Å²) in [4.78, 5) is 1.37. The van der Waals surface area contributed by atoms with Gasteiger partial charge in [0.2, 0.25) is 0 Å². The molecule has 2 bridgehead atoms. The number of hydrogen-bond donors (Lipinski definition) is 0. The number of benzene rings is 1. The second-order valence-electron chi connectivity index (χ2n) is 4.61. The first-order valence-corrected chi connectivity index (χ1v) is 6.72. The van der Waals surface area contributed by atoms with Crippen LogP contribution in [-0.2, 0) is 0 Å². The molecule has 84 valence electrons. The molecule has 1 aromatic carbocycles. The summed E-state index contributed by atoms with van der Waals surface area (Å²) in [5.41, 5.74) is 0. The van der Waals surface area contributed by atoms with E-state index in [-0.39, 0.29) is 0 Å². The summed E-state index contributed by atoms with van der Waals surface area (Å²) in [5.74, 6) is 2.62. The molecule has 2 aliphatic carbocycles. The van der Waals surface area contributed by atoms with E-state index in [1.807, 2.05) is 23.9 Å². The van der Waals surface area contributed by atoms with Crippen LogP contribution in [0.1, 0.15) is 12.8 Å². The molecule has 1 nitrogen and oxygen atoms in total. The van der Waals surface area contributed by atoms with E-state index in [2.05, 4.69) is 24.3 Å². The molecule has 2 aliphatic rings. The number of hydrogen-bond acceptors (Lipinski definition) is 2. The summed E-state index contributed by atoms with van der Waals surface area (Å²) in [6, 6.07) is 8.43. The lowest BCUT2D eigenvalue weighted by Crippen LogP contribution is -2.08. The van der Waals surface area contributed by atoms with Crippen LogP contribution in [0.4, 0.5) is 0 Å². The van der Waals surface area contributed by atoms with Crippen molar-refractivity contribution in [1.82, 2.24) is 0 Å². The van der Waals surface area contributed by atoms with E-state index in [0.717, 1.165) is 22.8 Å². The Bertz CT molecular complexity index is 396. The normalized spacial score (nSPS) is 30.9. The predicted octanol–water partition coefficient (Wildman–Crippen LogP) is 3.75. The SMILES string of the molecule is COc1ccc(S[C@H]2C[C@H]3C=C[C@@H]2C3)cc1. The molecular formula is C14H16OS. The van der Waals surface area contributed by atoms with Gasteiger partial charge in [0.15, 0.2) is 0 Å². The highest BCUT2D eigenvalue weighted by molar-refractivity contribution is 8.00. The fourth-order valence-electron chi connectivity index (χ4n) is 2.69. The van der Waals surface area contributed by atoms with Crippen LogP contribution in [0.25, 0.3) is 0 Å². The van der Waals surface area contributed by atoms with Gasteiger partial charge in [-0.3, -0.25) is 0 Å². The van der Waals surface area contributed by atoms with E-state index in [0.29, 0.717) is 0 Å². The molecule has 0 amide bonds. The standard InChI is InChI=1S/C14H16OS/c1-15-12-4-6-13(7-5-12)16-14-9-10-2-3-11(14)8-10/h2-7,10-11,14H,8-9H2,1H3/t10-,11+,14-/m0/s1. The third-order valence-corrected chi connectivity index (χ3v) is 4.95.